The van der Waals surface area contributed by atoms with Crippen molar-refractivity contribution in [3.63, 3.8) is 0 Å². The van der Waals surface area contributed by atoms with Gasteiger partial charge in [-0.2, -0.15) is 0 Å². The number of nitrogens with zero attached hydrogens (tertiary/aromatic N) is 1. The first-order valence-corrected chi connectivity index (χ1v) is 8.27. The second-order valence-electron chi connectivity index (χ2n) is 6.03. The molecular formula is C20H26N2O3. The van der Waals surface area contributed by atoms with Crippen LogP contribution in [0.25, 0.3) is 0 Å². The fourth-order valence-corrected chi connectivity index (χ4v) is 2.55. The van der Waals surface area contributed by atoms with Crippen LogP contribution in [0.1, 0.15) is 11.1 Å². The Balaban J connectivity index is 1.82. The van der Waals surface area contributed by atoms with Gasteiger partial charge in [-0.1, -0.05) is 18.2 Å². The van der Waals surface area contributed by atoms with Gasteiger partial charge >= 0.3 is 0 Å². The molecule has 134 valence electrons. The average Bonchev–Trinajstić information content (AvgIpc) is 2.62. The van der Waals surface area contributed by atoms with Gasteiger partial charge in [0, 0.05) is 26.3 Å². The Morgan fingerprint density at radius 2 is 1.60 bits per heavy atom. The number of amides is 1. The van der Waals surface area contributed by atoms with Gasteiger partial charge in [0.05, 0.1) is 20.6 Å². The molecule has 0 heterocycles. The molecule has 0 aliphatic carbocycles. The van der Waals surface area contributed by atoms with Gasteiger partial charge in [0.25, 0.3) is 0 Å². The van der Waals surface area contributed by atoms with Crippen molar-refractivity contribution in [1.29, 1.82) is 0 Å². The number of rotatable bonds is 8. The number of nitrogens with one attached hydrogen (secondary N) is 1. The summed E-state index contributed by atoms with van der Waals surface area (Å²) in [7, 11) is 7.21. The lowest BCUT2D eigenvalue weighted by molar-refractivity contribution is -0.120. The molecule has 0 atom stereocenters. The van der Waals surface area contributed by atoms with Crippen molar-refractivity contribution in [2.45, 2.75) is 12.8 Å². The summed E-state index contributed by atoms with van der Waals surface area (Å²) < 4.78 is 10.5. The molecule has 0 saturated heterocycles. The summed E-state index contributed by atoms with van der Waals surface area (Å²) in [4.78, 5) is 14.2. The van der Waals surface area contributed by atoms with Crippen LogP contribution in [0, 0.1) is 0 Å². The molecule has 0 bridgehead atoms. The fourth-order valence-electron chi connectivity index (χ4n) is 2.55. The number of carbonyl (C=O) groups is 1. The molecule has 0 fully saturated rings. The van der Waals surface area contributed by atoms with Gasteiger partial charge in [-0.05, 0) is 41.8 Å². The molecule has 0 aromatic heterocycles. The predicted octanol–water partition coefficient (Wildman–Crippen LogP) is 2.67. The maximum atomic E-state index is 12.1. The summed E-state index contributed by atoms with van der Waals surface area (Å²) in [5, 5.41) is 2.96. The molecule has 0 aliphatic heterocycles. The molecule has 5 heteroatoms. The minimum atomic E-state index is -0.00266. The van der Waals surface area contributed by atoms with E-state index in [4.69, 9.17) is 9.47 Å². The van der Waals surface area contributed by atoms with Crippen LogP contribution in [0.4, 0.5) is 5.69 Å². The Bertz CT molecular complexity index is 697. The Morgan fingerprint density at radius 3 is 2.20 bits per heavy atom. The number of benzene rings is 2. The SMILES string of the molecule is COc1ccc(CC(=O)NCCc2ccc(N(C)C)cc2)cc1OC. The van der Waals surface area contributed by atoms with Crippen molar-refractivity contribution in [1.82, 2.24) is 5.32 Å². The van der Waals surface area contributed by atoms with Gasteiger partial charge in [0.2, 0.25) is 5.91 Å². The Hall–Kier alpha value is -2.69. The molecule has 2 aromatic carbocycles. The van der Waals surface area contributed by atoms with Gasteiger partial charge in [-0.25, -0.2) is 0 Å². The minimum Gasteiger partial charge on any atom is -0.493 e. The number of carbonyl (C=O) groups excluding carboxylic acids is 1. The quantitative estimate of drug-likeness (QED) is 0.801. The van der Waals surface area contributed by atoms with Crippen LogP contribution in [0.3, 0.4) is 0 Å². The summed E-state index contributed by atoms with van der Waals surface area (Å²) in [6.07, 6.45) is 1.13. The first-order valence-electron chi connectivity index (χ1n) is 8.27. The van der Waals surface area contributed by atoms with E-state index in [-0.39, 0.29) is 5.91 Å². The van der Waals surface area contributed by atoms with Crippen LogP contribution in [-0.2, 0) is 17.6 Å². The second kappa shape index (κ2) is 8.97. The van der Waals surface area contributed by atoms with E-state index in [1.54, 1.807) is 14.2 Å². The zero-order valence-electron chi connectivity index (χ0n) is 15.3. The van der Waals surface area contributed by atoms with Crippen LogP contribution in [0.5, 0.6) is 11.5 Å². The van der Waals surface area contributed by atoms with E-state index in [0.29, 0.717) is 24.5 Å². The monoisotopic (exact) mass is 342 g/mol. The Morgan fingerprint density at radius 1 is 0.960 bits per heavy atom. The second-order valence-corrected chi connectivity index (χ2v) is 6.03. The molecule has 1 amide bonds. The summed E-state index contributed by atoms with van der Waals surface area (Å²) >= 11 is 0. The number of hydrogen-bond acceptors (Lipinski definition) is 4. The number of hydrogen-bond donors (Lipinski definition) is 1. The van der Waals surface area contributed by atoms with Crippen molar-refractivity contribution in [2.24, 2.45) is 0 Å². The summed E-state index contributed by atoms with van der Waals surface area (Å²) in [5.74, 6) is 1.29. The zero-order chi connectivity index (χ0) is 18.2. The van der Waals surface area contributed by atoms with Gasteiger partial charge < -0.3 is 19.7 Å². The molecule has 2 aromatic rings. The lowest BCUT2D eigenvalue weighted by atomic mass is 10.1. The van der Waals surface area contributed by atoms with Crippen LogP contribution in [0.15, 0.2) is 42.5 Å². The predicted molar refractivity (Wildman–Crippen MR) is 101 cm³/mol. The van der Waals surface area contributed by atoms with Gasteiger partial charge in [-0.3, -0.25) is 4.79 Å². The molecule has 0 saturated carbocycles. The minimum absolute atomic E-state index is 0.00266. The molecule has 0 spiro atoms. The number of methoxy groups -OCH3 is 2. The van der Waals surface area contributed by atoms with Crippen molar-refractivity contribution >= 4 is 11.6 Å². The Labute approximate surface area is 149 Å². The van der Waals surface area contributed by atoms with Crippen molar-refractivity contribution in [3.8, 4) is 11.5 Å². The van der Waals surface area contributed by atoms with Crippen LogP contribution in [-0.4, -0.2) is 40.8 Å². The van der Waals surface area contributed by atoms with E-state index in [1.807, 2.05) is 32.3 Å². The topological polar surface area (TPSA) is 50.8 Å². The smallest absolute Gasteiger partial charge is 0.224 e. The molecule has 2 rings (SSSR count). The van der Waals surface area contributed by atoms with E-state index in [2.05, 4.69) is 34.5 Å². The fraction of sp³-hybridized carbons (Fsp3) is 0.350. The summed E-state index contributed by atoms with van der Waals surface area (Å²) in [6.45, 7) is 0.618. The maximum Gasteiger partial charge on any atom is 0.224 e. The first kappa shape index (κ1) is 18.6. The summed E-state index contributed by atoms with van der Waals surface area (Å²) in [6, 6.07) is 13.9. The third-order valence-corrected chi connectivity index (χ3v) is 4.00. The van der Waals surface area contributed by atoms with E-state index < -0.39 is 0 Å². The molecule has 1 N–H and O–H groups in total. The van der Waals surface area contributed by atoms with Gasteiger partial charge in [0.1, 0.15) is 0 Å². The van der Waals surface area contributed by atoms with Gasteiger partial charge in [-0.15, -0.1) is 0 Å². The average molecular weight is 342 g/mol. The Kier molecular flexibility index (Phi) is 6.69. The third-order valence-electron chi connectivity index (χ3n) is 4.00. The van der Waals surface area contributed by atoms with E-state index in [0.717, 1.165) is 12.0 Å². The highest BCUT2D eigenvalue weighted by molar-refractivity contribution is 5.78. The van der Waals surface area contributed by atoms with Crippen LogP contribution < -0.4 is 19.7 Å². The van der Waals surface area contributed by atoms with Crippen molar-refractivity contribution < 1.29 is 14.3 Å². The largest absolute Gasteiger partial charge is 0.493 e. The number of ether oxygens (including phenoxy) is 2. The molecule has 0 aliphatic rings. The lowest BCUT2D eigenvalue weighted by Gasteiger charge is -2.13. The van der Waals surface area contributed by atoms with E-state index >= 15 is 0 Å². The van der Waals surface area contributed by atoms with Crippen molar-refractivity contribution in [3.05, 3.63) is 53.6 Å². The maximum absolute atomic E-state index is 12.1. The lowest BCUT2D eigenvalue weighted by Crippen LogP contribution is -2.27. The summed E-state index contributed by atoms with van der Waals surface area (Å²) in [5.41, 5.74) is 3.27. The van der Waals surface area contributed by atoms with E-state index in [1.165, 1.54) is 11.3 Å². The van der Waals surface area contributed by atoms with E-state index in [9.17, 15) is 4.79 Å². The normalized spacial score (nSPS) is 10.2. The molecule has 25 heavy (non-hydrogen) atoms. The third kappa shape index (κ3) is 5.41. The highest BCUT2D eigenvalue weighted by Gasteiger charge is 2.08. The first-order chi connectivity index (χ1) is 12.0. The highest BCUT2D eigenvalue weighted by atomic mass is 16.5. The van der Waals surface area contributed by atoms with Crippen molar-refractivity contribution in [2.75, 3.05) is 39.8 Å². The highest BCUT2D eigenvalue weighted by Crippen LogP contribution is 2.27. The standard InChI is InChI=1S/C20H26N2O3/c1-22(2)17-8-5-15(6-9-17)11-12-21-20(23)14-16-7-10-18(24-3)19(13-16)25-4/h5-10,13H,11-12,14H2,1-4H3,(H,21,23). The van der Waals surface area contributed by atoms with Gasteiger partial charge in [0.15, 0.2) is 11.5 Å². The zero-order valence-corrected chi connectivity index (χ0v) is 15.3. The molecule has 0 unspecified atom stereocenters. The molecule has 0 radical (unpaired) electrons. The van der Waals surface area contributed by atoms with Crippen LogP contribution in [0.2, 0.25) is 0 Å². The number of anilines is 1. The molecular weight excluding hydrogens is 316 g/mol. The van der Waals surface area contributed by atoms with Crippen LogP contribution >= 0.6 is 0 Å². The molecule has 5 nitrogen and oxygen atoms in total.